The highest BCUT2D eigenvalue weighted by molar-refractivity contribution is 5.93. The largest absolute Gasteiger partial charge is 0.355 e. The second-order valence-electron chi connectivity index (χ2n) is 3.19. The number of rotatable bonds is 4. The molecule has 0 aliphatic carbocycles. The summed E-state index contributed by atoms with van der Waals surface area (Å²) in [5.41, 5.74) is 0.826. The van der Waals surface area contributed by atoms with Crippen LogP contribution in [-0.4, -0.2) is 13.0 Å². The maximum absolute atomic E-state index is 11.3. The molecule has 0 aromatic carbocycles. The Morgan fingerprint density at radius 3 is 2.46 bits per heavy atom. The van der Waals surface area contributed by atoms with Crippen molar-refractivity contribution in [2.75, 3.05) is 7.05 Å². The molecule has 0 rings (SSSR count). The van der Waals surface area contributed by atoms with Crippen LogP contribution in [0.1, 0.15) is 27.2 Å². The van der Waals surface area contributed by atoms with E-state index in [9.17, 15) is 4.79 Å². The molecule has 0 aliphatic heterocycles. The molecular weight excluding hydrogens is 162 g/mol. The van der Waals surface area contributed by atoms with Crippen molar-refractivity contribution in [2.24, 2.45) is 5.92 Å². The Bertz CT molecular complexity index is 214. The van der Waals surface area contributed by atoms with E-state index in [0.29, 0.717) is 0 Å². The van der Waals surface area contributed by atoms with Gasteiger partial charge in [-0.1, -0.05) is 39.0 Å². The Labute approximate surface area is 80.7 Å². The van der Waals surface area contributed by atoms with E-state index >= 15 is 0 Å². The first-order valence-corrected chi connectivity index (χ1v) is 4.72. The highest BCUT2D eigenvalue weighted by atomic mass is 16.1. The normalized spacial score (nSPS) is 12.5. The van der Waals surface area contributed by atoms with Gasteiger partial charge in [-0.2, -0.15) is 0 Å². The molecule has 1 N–H and O–H groups in total. The van der Waals surface area contributed by atoms with Crippen molar-refractivity contribution in [1.29, 1.82) is 0 Å². The fourth-order valence-electron chi connectivity index (χ4n) is 0.982. The molecule has 0 fully saturated rings. The zero-order chi connectivity index (χ0) is 10.3. The van der Waals surface area contributed by atoms with Gasteiger partial charge in [-0.05, 0) is 12.3 Å². The molecule has 0 saturated heterocycles. The van der Waals surface area contributed by atoms with Crippen LogP contribution in [0.15, 0.2) is 23.8 Å². The van der Waals surface area contributed by atoms with Crippen molar-refractivity contribution in [2.45, 2.75) is 27.2 Å². The predicted molar refractivity (Wildman–Crippen MR) is 56.4 cm³/mol. The van der Waals surface area contributed by atoms with Gasteiger partial charge in [0.2, 0.25) is 5.91 Å². The number of allylic oxidation sites excluding steroid dienone is 3. The maximum atomic E-state index is 11.3. The van der Waals surface area contributed by atoms with Crippen LogP contribution >= 0.6 is 0 Å². The lowest BCUT2D eigenvalue weighted by Crippen LogP contribution is -2.22. The smallest absolute Gasteiger partial charge is 0.247 e. The number of likely N-dealkylation sites (N-methyl/N-ethyl adjacent to an activating group) is 1. The van der Waals surface area contributed by atoms with E-state index < -0.39 is 0 Å². The minimum atomic E-state index is 0.00996. The molecule has 0 spiro atoms. The molecule has 1 amide bonds. The van der Waals surface area contributed by atoms with Crippen molar-refractivity contribution in [3.05, 3.63) is 23.8 Å². The quantitative estimate of drug-likeness (QED) is 0.523. The summed E-state index contributed by atoms with van der Waals surface area (Å²) in [4.78, 5) is 11.3. The summed E-state index contributed by atoms with van der Waals surface area (Å²) in [6.45, 7) is 6.10. The number of carbonyl (C=O) groups excluding carboxylic acids is 1. The lowest BCUT2D eigenvalue weighted by Gasteiger charge is -2.08. The summed E-state index contributed by atoms with van der Waals surface area (Å²) in [5.74, 6) is 0.275. The molecule has 0 atom stereocenters. The third-order valence-electron chi connectivity index (χ3n) is 1.76. The molecule has 2 heteroatoms. The topological polar surface area (TPSA) is 29.1 Å². The number of nitrogens with one attached hydrogen (secondary N) is 1. The molecule has 13 heavy (non-hydrogen) atoms. The van der Waals surface area contributed by atoms with Gasteiger partial charge in [-0.15, -0.1) is 0 Å². The van der Waals surface area contributed by atoms with Crippen LogP contribution in [0.25, 0.3) is 0 Å². The molecular formula is C11H19NO. The molecule has 0 aromatic rings. The van der Waals surface area contributed by atoms with Gasteiger partial charge in [0.15, 0.2) is 0 Å². The Hall–Kier alpha value is -1.05. The van der Waals surface area contributed by atoms with Crippen LogP contribution in [0, 0.1) is 5.92 Å². The van der Waals surface area contributed by atoms with Crippen LogP contribution in [-0.2, 0) is 4.79 Å². The molecule has 2 nitrogen and oxygen atoms in total. The molecule has 0 unspecified atom stereocenters. The second kappa shape index (κ2) is 6.46. The Morgan fingerprint density at radius 1 is 1.46 bits per heavy atom. The summed E-state index contributed by atoms with van der Waals surface area (Å²) in [6.07, 6.45) is 6.85. The third-order valence-corrected chi connectivity index (χ3v) is 1.76. The first kappa shape index (κ1) is 11.9. The van der Waals surface area contributed by atoms with Crippen molar-refractivity contribution in [1.82, 2.24) is 5.32 Å². The van der Waals surface area contributed by atoms with Gasteiger partial charge in [0.1, 0.15) is 0 Å². The summed E-state index contributed by atoms with van der Waals surface area (Å²) < 4.78 is 0. The fourth-order valence-corrected chi connectivity index (χ4v) is 0.982. The van der Waals surface area contributed by atoms with Crippen LogP contribution in [0.5, 0.6) is 0 Å². The van der Waals surface area contributed by atoms with Crippen LogP contribution < -0.4 is 5.32 Å². The number of amides is 1. The highest BCUT2D eigenvalue weighted by Gasteiger charge is 2.09. The Balaban J connectivity index is 4.50. The van der Waals surface area contributed by atoms with Gasteiger partial charge in [-0.25, -0.2) is 0 Å². The standard InChI is InChI=1S/C11H19NO/c1-5-6-7-8-10(9(2)3)11(13)12-4/h6-9H,5H2,1-4H3,(H,12,13)/b7-6-,10-8+. The van der Waals surface area contributed by atoms with Gasteiger partial charge in [0.25, 0.3) is 0 Å². The second-order valence-corrected chi connectivity index (χ2v) is 3.19. The van der Waals surface area contributed by atoms with E-state index in [-0.39, 0.29) is 11.8 Å². The molecule has 0 aliphatic rings. The highest BCUT2D eigenvalue weighted by Crippen LogP contribution is 2.09. The van der Waals surface area contributed by atoms with E-state index in [1.54, 1.807) is 7.05 Å². The van der Waals surface area contributed by atoms with E-state index in [2.05, 4.69) is 12.2 Å². The van der Waals surface area contributed by atoms with Gasteiger partial charge in [-0.3, -0.25) is 4.79 Å². The zero-order valence-corrected chi connectivity index (χ0v) is 8.92. The summed E-state index contributed by atoms with van der Waals surface area (Å²) in [7, 11) is 1.65. The van der Waals surface area contributed by atoms with E-state index in [0.717, 1.165) is 12.0 Å². The molecule has 0 saturated carbocycles. The lowest BCUT2D eigenvalue weighted by atomic mass is 10.0. The van der Waals surface area contributed by atoms with Gasteiger partial charge < -0.3 is 5.32 Å². The van der Waals surface area contributed by atoms with E-state index in [1.165, 1.54) is 0 Å². The lowest BCUT2D eigenvalue weighted by molar-refractivity contribution is -0.117. The van der Waals surface area contributed by atoms with Crippen molar-refractivity contribution < 1.29 is 4.79 Å². The van der Waals surface area contributed by atoms with Gasteiger partial charge in [0.05, 0.1) is 0 Å². The van der Waals surface area contributed by atoms with Crippen LogP contribution in [0.4, 0.5) is 0 Å². The zero-order valence-electron chi connectivity index (χ0n) is 8.92. The summed E-state index contributed by atoms with van der Waals surface area (Å²) >= 11 is 0. The number of hydrogen-bond donors (Lipinski definition) is 1. The minimum absolute atomic E-state index is 0.00996. The Morgan fingerprint density at radius 2 is 2.08 bits per heavy atom. The number of carbonyl (C=O) groups is 1. The van der Waals surface area contributed by atoms with Crippen molar-refractivity contribution in [3.63, 3.8) is 0 Å². The summed E-state index contributed by atoms with van der Waals surface area (Å²) in [6, 6.07) is 0. The number of hydrogen-bond acceptors (Lipinski definition) is 1. The first-order chi connectivity index (χ1) is 6.13. The molecule has 0 bridgehead atoms. The van der Waals surface area contributed by atoms with Gasteiger partial charge in [0, 0.05) is 12.6 Å². The monoisotopic (exact) mass is 181 g/mol. The summed E-state index contributed by atoms with van der Waals surface area (Å²) in [5, 5.41) is 2.63. The van der Waals surface area contributed by atoms with Crippen molar-refractivity contribution in [3.8, 4) is 0 Å². The molecule has 0 aromatic heterocycles. The molecule has 0 heterocycles. The Kier molecular flexibility index (Phi) is 5.94. The van der Waals surface area contributed by atoms with Crippen LogP contribution in [0.2, 0.25) is 0 Å². The van der Waals surface area contributed by atoms with Gasteiger partial charge >= 0.3 is 0 Å². The fraction of sp³-hybridized carbons (Fsp3) is 0.545. The van der Waals surface area contributed by atoms with E-state index in [1.807, 2.05) is 32.1 Å². The SMILES string of the molecule is CC/C=C\C=C(\C(=O)NC)C(C)C. The predicted octanol–water partition coefficient (Wildman–Crippen LogP) is 2.28. The molecule has 0 radical (unpaired) electrons. The minimum Gasteiger partial charge on any atom is -0.355 e. The average molecular weight is 181 g/mol. The van der Waals surface area contributed by atoms with Crippen molar-refractivity contribution >= 4 is 5.91 Å². The average Bonchev–Trinajstić information content (AvgIpc) is 2.11. The maximum Gasteiger partial charge on any atom is 0.247 e. The first-order valence-electron chi connectivity index (χ1n) is 4.72. The van der Waals surface area contributed by atoms with Crippen LogP contribution in [0.3, 0.4) is 0 Å². The third kappa shape index (κ3) is 4.51. The molecule has 74 valence electrons. The van der Waals surface area contributed by atoms with E-state index in [4.69, 9.17) is 0 Å².